The average molecular weight is 273 g/mol. The molecule has 0 saturated heterocycles. The van der Waals surface area contributed by atoms with Crippen LogP contribution >= 0.6 is 0 Å². The Morgan fingerprint density at radius 2 is 2.15 bits per heavy atom. The van der Waals surface area contributed by atoms with Crippen molar-refractivity contribution in [1.29, 1.82) is 0 Å². The van der Waals surface area contributed by atoms with Gasteiger partial charge in [-0.05, 0) is 12.5 Å². The van der Waals surface area contributed by atoms with Crippen molar-refractivity contribution in [3.05, 3.63) is 54.6 Å². The Morgan fingerprint density at radius 1 is 1.40 bits per heavy atom. The predicted octanol–water partition coefficient (Wildman–Crippen LogP) is 1.73. The minimum Gasteiger partial charge on any atom is -0.481 e. The number of hydrogen-bond acceptors (Lipinski definition) is 3. The van der Waals surface area contributed by atoms with Gasteiger partial charge in [-0.1, -0.05) is 30.3 Å². The highest BCUT2D eigenvalue weighted by Crippen LogP contribution is 2.15. The monoisotopic (exact) mass is 273 g/mol. The summed E-state index contributed by atoms with van der Waals surface area (Å²) in [6.07, 6.45) is 5.38. The molecule has 0 fully saturated rings. The molecule has 5 heteroatoms. The quantitative estimate of drug-likeness (QED) is 0.806. The average Bonchev–Trinajstić information content (AvgIpc) is 2.92. The summed E-state index contributed by atoms with van der Waals surface area (Å²) in [5, 5.41) is 12.6. The van der Waals surface area contributed by atoms with Gasteiger partial charge in [-0.3, -0.25) is 4.79 Å². The van der Waals surface area contributed by atoms with E-state index in [0.29, 0.717) is 6.54 Å². The molecule has 0 bridgehead atoms. The van der Waals surface area contributed by atoms with Crippen LogP contribution in [0, 0.1) is 0 Å². The van der Waals surface area contributed by atoms with E-state index in [0.717, 1.165) is 12.1 Å². The molecule has 5 nitrogen and oxygen atoms in total. The number of aliphatic carboxylic acids is 1. The first-order chi connectivity index (χ1) is 9.66. The van der Waals surface area contributed by atoms with Gasteiger partial charge in [0.25, 0.3) is 0 Å². The molecule has 1 aromatic carbocycles. The molecular weight excluding hydrogens is 254 g/mol. The highest BCUT2D eigenvalue weighted by atomic mass is 16.4. The van der Waals surface area contributed by atoms with E-state index in [2.05, 4.69) is 10.3 Å². The number of aromatic nitrogens is 2. The molecule has 106 valence electrons. The molecule has 2 unspecified atom stereocenters. The third-order valence-corrected chi connectivity index (χ3v) is 3.21. The summed E-state index contributed by atoms with van der Waals surface area (Å²) in [6.45, 7) is 3.21. The van der Waals surface area contributed by atoms with Crippen molar-refractivity contribution >= 4 is 5.97 Å². The molecule has 0 radical (unpaired) electrons. The molecule has 2 atom stereocenters. The normalized spacial score (nSPS) is 13.8. The summed E-state index contributed by atoms with van der Waals surface area (Å²) in [7, 11) is 0. The highest BCUT2D eigenvalue weighted by Gasteiger charge is 2.19. The Hall–Kier alpha value is -2.14. The van der Waals surface area contributed by atoms with Crippen LogP contribution in [0.4, 0.5) is 0 Å². The Morgan fingerprint density at radius 3 is 2.75 bits per heavy atom. The van der Waals surface area contributed by atoms with Crippen LogP contribution in [0.25, 0.3) is 0 Å². The molecule has 2 aromatic rings. The number of carboxylic acid groups (broad SMARTS) is 1. The molecule has 1 heterocycles. The lowest BCUT2D eigenvalue weighted by Gasteiger charge is -2.18. The zero-order chi connectivity index (χ0) is 14.4. The maximum Gasteiger partial charge on any atom is 0.312 e. The number of imidazole rings is 1. The van der Waals surface area contributed by atoms with E-state index in [9.17, 15) is 9.90 Å². The van der Waals surface area contributed by atoms with Crippen molar-refractivity contribution < 1.29 is 9.90 Å². The van der Waals surface area contributed by atoms with Gasteiger partial charge in [-0.2, -0.15) is 0 Å². The van der Waals surface area contributed by atoms with Gasteiger partial charge in [-0.15, -0.1) is 0 Å². The first-order valence-corrected chi connectivity index (χ1v) is 6.63. The largest absolute Gasteiger partial charge is 0.481 e. The molecular formula is C15H19N3O2. The van der Waals surface area contributed by atoms with E-state index in [-0.39, 0.29) is 6.04 Å². The van der Waals surface area contributed by atoms with Crippen molar-refractivity contribution in [3.8, 4) is 0 Å². The van der Waals surface area contributed by atoms with Crippen LogP contribution < -0.4 is 5.32 Å². The molecule has 0 saturated carbocycles. The number of benzene rings is 1. The van der Waals surface area contributed by atoms with Crippen LogP contribution in [0.1, 0.15) is 18.4 Å². The van der Waals surface area contributed by atoms with Gasteiger partial charge in [0.2, 0.25) is 0 Å². The molecule has 2 rings (SSSR count). The van der Waals surface area contributed by atoms with E-state index in [1.54, 1.807) is 12.5 Å². The zero-order valence-corrected chi connectivity index (χ0v) is 11.4. The summed E-state index contributed by atoms with van der Waals surface area (Å²) in [5.74, 6) is -1.33. The Kier molecular flexibility index (Phi) is 4.90. The van der Waals surface area contributed by atoms with Gasteiger partial charge in [-0.25, -0.2) is 4.98 Å². The second kappa shape index (κ2) is 6.86. The third-order valence-electron chi connectivity index (χ3n) is 3.21. The fourth-order valence-electron chi connectivity index (χ4n) is 2.13. The lowest BCUT2D eigenvalue weighted by molar-refractivity contribution is -0.138. The molecule has 0 aliphatic heterocycles. The van der Waals surface area contributed by atoms with Crippen molar-refractivity contribution in [1.82, 2.24) is 14.9 Å². The van der Waals surface area contributed by atoms with Crippen LogP contribution in [0.3, 0.4) is 0 Å². The molecule has 2 N–H and O–H groups in total. The van der Waals surface area contributed by atoms with Crippen LogP contribution in [0.5, 0.6) is 0 Å². The van der Waals surface area contributed by atoms with Gasteiger partial charge < -0.3 is 15.0 Å². The smallest absolute Gasteiger partial charge is 0.312 e. The second-order valence-corrected chi connectivity index (χ2v) is 4.87. The number of rotatable bonds is 7. The van der Waals surface area contributed by atoms with Gasteiger partial charge in [0.15, 0.2) is 0 Å². The predicted molar refractivity (Wildman–Crippen MR) is 76.5 cm³/mol. The van der Waals surface area contributed by atoms with Gasteiger partial charge >= 0.3 is 5.97 Å². The molecule has 0 amide bonds. The second-order valence-electron chi connectivity index (χ2n) is 4.87. The number of nitrogens with zero attached hydrogens (tertiary/aromatic N) is 2. The highest BCUT2D eigenvalue weighted by molar-refractivity contribution is 5.76. The van der Waals surface area contributed by atoms with E-state index in [1.807, 2.05) is 48.0 Å². The van der Waals surface area contributed by atoms with Crippen molar-refractivity contribution in [2.75, 3.05) is 6.54 Å². The zero-order valence-electron chi connectivity index (χ0n) is 11.4. The summed E-state index contributed by atoms with van der Waals surface area (Å²) >= 11 is 0. The van der Waals surface area contributed by atoms with Crippen LogP contribution in [0.15, 0.2) is 49.1 Å². The topological polar surface area (TPSA) is 67.2 Å². The number of carbonyl (C=O) groups is 1. The molecule has 0 aliphatic rings. The third kappa shape index (κ3) is 3.93. The van der Waals surface area contributed by atoms with Crippen molar-refractivity contribution in [3.63, 3.8) is 0 Å². The number of carboxylic acids is 1. The first-order valence-electron chi connectivity index (χ1n) is 6.63. The van der Waals surface area contributed by atoms with Crippen molar-refractivity contribution in [2.45, 2.75) is 25.4 Å². The van der Waals surface area contributed by atoms with Crippen LogP contribution in [0.2, 0.25) is 0 Å². The van der Waals surface area contributed by atoms with Gasteiger partial charge in [0, 0.05) is 31.5 Å². The number of nitrogens with one attached hydrogen (secondary N) is 1. The van der Waals surface area contributed by atoms with Crippen molar-refractivity contribution in [2.24, 2.45) is 0 Å². The number of hydrogen-bond donors (Lipinski definition) is 2. The Bertz CT molecular complexity index is 525. The van der Waals surface area contributed by atoms with E-state index in [4.69, 9.17) is 0 Å². The van der Waals surface area contributed by atoms with Gasteiger partial charge in [0.05, 0.1) is 12.2 Å². The van der Waals surface area contributed by atoms with E-state index < -0.39 is 11.9 Å². The minimum absolute atomic E-state index is 0.176. The maximum atomic E-state index is 11.4. The van der Waals surface area contributed by atoms with E-state index in [1.165, 1.54) is 0 Å². The lowest BCUT2D eigenvalue weighted by Crippen LogP contribution is -2.35. The summed E-state index contributed by atoms with van der Waals surface area (Å²) in [5.41, 5.74) is 0.822. The minimum atomic E-state index is -0.807. The molecule has 0 spiro atoms. The Balaban J connectivity index is 1.91. The Labute approximate surface area is 118 Å². The standard InChI is InChI=1S/C15H19N3O2/c1-12(10-18-8-7-16-11-18)17-9-14(15(19)20)13-5-3-2-4-6-13/h2-8,11-12,14,17H,9-10H2,1H3,(H,19,20). The summed E-state index contributed by atoms with van der Waals surface area (Å²) in [4.78, 5) is 15.4. The summed E-state index contributed by atoms with van der Waals surface area (Å²) < 4.78 is 1.97. The van der Waals surface area contributed by atoms with Crippen LogP contribution in [-0.4, -0.2) is 33.2 Å². The summed E-state index contributed by atoms with van der Waals surface area (Å²) in [6, 6.07) is 9.48. The van der Waals surface area contributed by atoms with E-state index >= 15 is 0 Å². The molecule has 20 heavy (non-hydrogen) atoms. The van der Waals surface area contributed by atoms with Gasteiger partial charge in [0.1, 0.15) is 0 Å². The fraction of sp³-hybridized carbons (Fsp3) is 0.333. The SMILES string of the molecule is CC(Cn1ccnc1)NCC(C(=O)O)c1ccccc1. The first kappa shape index (κ1) is 14.3. The molecule has 1 aromatic heterocycles. The fourth-order valence-corrected chi connectivity index (χ4v) is 2.13. The molecule has 0 aliphatic carbocycles. The van der Waals surface area contributed by atoms with Crippen LogP contribution in [-0.2, 0) is 11.3 Å². The maximum absolute atomic E-state index is 11.4. The lowest BCUT2D eigenvalue weighted by atomic mass is 9.99.